The lowest BCUT2D eigenvalue weighted by Gasteiger charge is -2.37. The van der Waals surface area contributed by atoms with E-state index < -0.39 is 15.6 Å². The zero-order valence-corrected chi connectivity index (χ0v) is 12.9. The lowest BCUT2D eigenvalue weighted by Crippen LogP contribution is -2.53. The van der Waals surface area contributed by atoms with Crippen LogP contribution in [0.2, 0.25) is 0 Å². The van der Waals surface area contributed by atoms with E-state index in [2.05, 4.69) is 9.97 Å². The summed E-state index contributed by atoms with van der Waals surface area (Å²) in [6.07, 6.45) is 2.71. The van der Waals surface area contributed by atoms with Crippen molar-refractivity contribution in [1.82, 2.24) is 14.3 Å². The molecule has 0 saturated heterocycles. The largest absolute Gasteiger partial charge is 0.332 e. The number of H-pyrrole nitrogens is 1. The summed E-state index contributed by atoms with van der Waals surface area (Å²) in [6.45, 7) is 8.21. The minimum absolute atomic E-state index is 0.138. The molecule has 7 heteroatoms. The summed E-state index contributed by atoms with van der Waals surface area (Å²) in [5, 5.41) is 0.138. The SMILES string of the molecule is CCc1ncc(S(=O)(=O)N(CC)C(C)(CC)CN)[nH]1. The van der Waals surface area contributed by atoms with E-state index in [9.17, 15) is 8.42 Å². The molecule has 3 N–H and O–H groups in total. The van der Waals surface area contributed by atoms with Crippen molar-refractivity contribution in [1.29, 1.82) is 0 Å². The number of hydrogen-bond donors (Lipinski definition) is 2. The van der Waals surface area contributed by atoms with Gasteiger partial charge in [0.1, 0.15) is 5.82 Å². The summed E-state index contributed by atoms with van der Waals surface area (Å²) in [6, 6.07) is 0. The maximum absolute atomic E-state index is 12.7. The van der Waals surface area contributed by atoms with Gasteiger partial charge in [0.2, 0.25) is 0 Å². The van der Waals surface area contributed by atoms with Crippen LogP contribution >= 0.6 is 0 Å². The molecule has 1 rings (SSSR count). The van der Waals surface area contributed by atoms with Gasteiger partial charge in [0, 0.05) is 25.0 Å². The molecule has 0 bridgehead atoms. The molecule has 1 unspecified atom stereocenters. The number of nitrogens with one attached hydrogen (secondary N) is 1. The van der Waals surface area contributed by atoms with Gasteiger partial charge in [0.25, 0.3) is 10.0 Å². The van der Waals surface area contributed by atoms with Gasteiger partial charge in [-0.2, -0.15) is 4.31 Å². The first-order valence-electron chi connectivity index (χ1n) is 6.62. The third kappa shape index (κ3) is 2.98. The Kier molecular flexibility index (Phi) is 5.11. The summed E-state index contributed by atoms with van der Waals surface area (Å²) in [4.78, 5) is 6.92. The maximum Gasteiger partial charge on any atom is 0.260 e. The van der Waals surface area contributed by atoms with Crippen molar-refractivity contribution in [3.63, 3.8) is 0 Å². The Hall–Kier alpha value is -0.920. The fraction of sp³-hybridized carbons (Fsp3) is 0.750. The number of nitrogens with two attached hydrogens (primary N) is 1. The molecule has 0 fully saturated rings. The van der Waals surface area contributed by atoms with Crippen molar-refractivity contribution < 1.29 is 8.42 Å². The topological polar surface area (TPSA) is 92.1 Å². The Bertz CT molecular complexity index is 506. The van der Waals surface area contributed by atoms with Crippen molar-refractivity contribution in [2.75, 3.05) is 13.1 Å². The van der Waals surface area contributed by atoms with Gasteiger partial charge in [-0.05, 0) is 13.3 Å². The van der Waals surface area contributed by atoms with Crippen LogP contribution in [0.4, 0.5) is 0 Å². The van der Waals surface area contributed by atoms with Crippen molar-refractivity contribution in [3.05, 3.63) is 12.0 Å². The van der Waals surface area contributed by atoms with Crippen LogP contribution in [0.15, 0.2) is 11.2 Å². The average Bonchev–Trinajstić information content (AvgIpc) is 2.88. The summed E-state index contributed by atoms with van der Waals surface area (Å²) in [5.41, 5.74) is 5.19. The van der Waals surface area contributed by atoms with Crippen LogP contribution in [0.25, 0.3) is 0 Å². The first-order chi connectivity index (χ1) is 8.85. The number of imidazole rings is 1. The third-order valence-corrected chi connectivity index (χ3v) is 5.64. The minimum Gasteiger partial charge on any atom is -0.332 e. The predicted molar refractivity (Wildman–Crippen MR) is 75.3 cm³/mol. The number of aromatic amines is 1. The highest BCUT2D eigenvalue weighted by molar-refractivity contribution is 7.89. The van der Waals surface area contributed by atoms with E-state index in [-0.39, 0.29) is 11.6 Å². The first-order valence-corrected chi connectivity index (χ1v) is 8.06. The number of likely N-dealkylation sites (N-methyl/N-ethyl adjacent to an activating group) is 1. The van der Waals surface area contributed by atoms with Crippen molar-refractivity contribution in [3.8, 4) is 0 Å². The maximum atomic E-state index is 12.7. The molecule has 1 atom stereocenters. The molecule has 110 valence electrons. The van der Waals surface area contributed by atoms with Gasteiger partial charge in [0.15, 0.2) is 5.03 Å². The zero-order valence-electron chi connectivity index (χ0n) is 12.1. The van der Waals surface area contributed by atoms with E-state index in [4.69, 9.17) is 5.73 Å². The van der Waals surface area contributed by atoms with E-state index >= 15 is 0 Å². The van der Waals surface area contributed by atoms with Gasteiger partial charge in [-0.1, -0.05) is 20.8 Å². The second kappa shape index (κ2) is 6.02. The number of aryl methyl sites for hydroxylation is 1. The highest BCUT2D eigenvalue weighted by atomic mass is 32.2. The summed E-state index contributed by atoms with van der Waals surface area (Å²) in [7, 11) is -3.59. The minimum atomic E-state index is -3.59. The van der Waals surface area contributed by atoms with Gasteiger partial charge in [-0.3, -0.25) is 0 Å². The third-order valence-electron chi connectivity index (χ3n) is 3.60. The summed E-state index contributed by atoms with van der Waals surface area (Å²) >= 11 is 0. The number of aromatic nitrogens is 2. The second-order valence-electron chi connectivity index (χ2n) is 4.77. The van der Waals surface area contributed by atoms with Crippen LogP contribution in [0, 0.1) is 0 Å². The Morgan fingerprint density at radius 1 is 1.42 bits per heavy atom. The van der Waals surface area contributed by atoms with E-state index in [0.29, 0.717) is 25.2 Å². The lowest BCUT2D eigenvalue weighted by atomic mass is 9.99. The molecule has 1 heterocycles. The fourth-order valence-electron chi connectivity index (χ4n) is 2.04. The molecule has 0 aliphatic carbocycles. The van der Waals surface area contributed by atoms with Gasteiger partial charge in [0.05, 0.1) is 6.20 Å². The molecule has 0 saturated carbocycles. The quantitative estimate of drug-likeness (QED) is 0.786. The molecule has 0 aliphatic rings. The fourth-order valence-corrected chi connectivity index (χ4v) is 3.83. The van der Waals surface area contributed by atoms with Gasteiger partial charge in [-0.25, -0.2) is 13.4 Å². The molecule has 0 radical (unpaired) electrons. The van der Waals surface area contributed by atoms with E-state index in [1.54, 1.807) is 0 Å². The van der Waals surface area contributed by atoms with Crippen molar-refractivity contribution >= 4 is 10.0 Å². The van der Waals surface area contributed by atoms with Crippen LogP contribution in [0.5, 0.6) is 0 Å². The lowest BCUT2D eigenvalue weighted by molar-refractivity contribution is 0.213. The Morgan fingerprint density at radius 3 is 2.42 bits per heavy atom. The van der Waals surface area contributed by atoms with E-state index in [1.807, 2.05) is 27.7 Å². The van der Waals surface area contributed by atoms with Crippen molar-refractivity contribution in [2.45, 2.75) is 51.1 Å². The van der Waals surface area contributed by atoms with Crippen LogP contribution < -0.4 is 5.73 Å². The van der Waals surface area contributed by atoms with Gasteiger partial charge >= 0.3 is 0 Å². The number of hydrogen-bond acceptors (Lipinski definition) is 4. The number of sulfonamides is 1. The van der Waals surface area contributed by atoms with Crippen molar-refractivity contribution in [2.24, 2.45) is 5.73 Å². The molecule has 1 aromatic heterocycles. The molecule has 19 heavy (non-hydrogen) atoms. The van der Waals surface area contributed by atoms with E-state index in [1.165, 1.54) is 10.5 Å². The molecular formula is C12H24N4O2S. The van der Waals surface area contributed by atoms with Crippen LogP contribution in [0.3, 0.4) is 0 Å². The normalized spacial score (nSPS) is 15.7. The molecule has 0 spiro atoms. The molecule has 0 amide bonds. The number of nitrogens with zero attached hydrogens (tertiary/aromatic N) is 2. The predicted octanol–water partition coefficient (Wildman–Crippen LogP) is 1.11. The van der Waals surface area contributed by atoms with Crippen LogP contribution in [-0.4, -0.2) is 41.3 Å². The second-order valence-corrected chi connectivity index (χ2v) is 6.60. The zero-order chi connectivity index (χ0) is 14.7. The molecule has 0 aromatic carbocycles. The Labute approximate surface area is 115 Å². The first kappa shape index (κ1) is 16.1. The molecule has 6 nitrogen and oxygen atoms in total. The molecular weight excluding hydrogens is 264 g/mol. The summed E-state index contributed by atoms with van der Waals surface area (Å²) in [5.74, 6) is 0.667. The van der Waals surface area contributed by atoms with Crippen LogP contribution in [0.1, 0.15) is 39.9 Å². The van der Waals surface area contributed by atoms with Crippen LogP contribution in [-0.2, 0) is 16.4 Å². The monoisotopic (exact) mass is 288 g/mol. The Balaban J connectivity index is 3.22. The molecule has 0 aliphatic heterocycles. The standard InChI is InChI=1S/C12H24N4O2S/c1-5-10-14-8-11(15-10)19(17,18)16(7-3)12(4,6-2)9-13/h8H,5-7,9,13H2,1-4H3,(H,14,15). The summed E-state index contributed by atoms with van der Waals surface area (Å²) < 4.78 is 26.8. The average molecular weight is 288 g/mol. The molecule has 1 aromatic rings. The smallest absolute Gasteiger partial charge is 0.260 e. The number of rotatable bonds is 7. The Morgan fingerprint density at radius 2 is 2.05 bits per heavy atom. The van der Waals surface area contributed by atoms with Gasteiger partial charge < -0.3 is 10.7 Å². The highest BCUT2D eigenvalue weighted by Gasteiger charge is 2.38. The highest BCUT2D eigenvalue weighted by Crippen LogP contribution is 2.25. The van der Waals surface area contributed by atoms with Gasteiger partial charge in [-0.15, -0.1) is 0 Å². The van der Waals surface area contributed by atoms with E-state index in [0.717, 1.165) is 0 Å².